The molecule has 0 radical (unpaired) electrons. The maximum atomic E-state index is 14.4. The number of anilines is 1. The third kappa shape index (κ3) is 4.94. The number of carbonyl (C=O) groups is 1. The lowest BCUT2D eigenvalue weighted by Gasteiger charge is -2.42. The molecule has 4 nitrogen and oxygen atoms in total. The number of hydrogen-bond donors (Lipinski definition) is 0. The molecule has 6 heteroatoms. The summed E-state index contributed by atoms with van der Waals surface area (Å²) in [7, 11) is 1.49. The van der Waals surface area contributed by atoms with Crippen LogP contribution in [0.2, 0.25) is 0 Å². The zero-order valence-electron chi connectivity index (χ0n) is 15.9. The normalized spacial score (nSPS) is 20.6. The van der Waals surface area contributed by atoms with E-state index in [0.29, 0.717) is 5.69 Å². The molecule has 0 bridgehead atoms. The summed E-state index contributed by atoms with van der Waals surface area (Å²) in [5, 5.41) is 2.11. The first-order chi connectivity index (χ1) is 13.1. The number of piperidine rings is 1. The van der Waals surface area contributed by atoms with Gasteiger partial charge in [-0.05, 0) is 42.3 Å². The molecule has 2 aromatic rings. The fourth-order valence-corrected chi connectivity index (χ4v) is 4.57. The van der Waals surface area contributed by atoms with Gasteiger partial charge in [0.05, 0.1) is 5.69 Å². The van der Waals surface area contributed by atoms with Gasteiger partial charge in [-0.3, -0.25) is 4.79 Å². The number of carbonyl (C=O) groups excluding carboxylic acids is 1. The molecule has 1 aromatic carbocycles. The van der Waals surface area contributed by atoms with Crippen molar-refractivity contribution in [3.8, 4) is 0 Å². The predicted molar refractivity (Wildman–Crippen MR) is 108 cm³/mol. The van der Waals surface area contributed by atoms with Crippen LogP contribution in [0, 0.1) is 11.7 Å². The second-order valence-electron chi connectivity index (χ2n) is 7.11. The van der Waals surface area contributed by atoms with Gasteiger partial charge in [-0.15, -0.1) is 11.3 Å². The Morgan fingerprint density at radius 3 is 2.81 bits per heavy atom. The van der Waals surface area contributed by atoms with Crippen LogP contribution in [0.5, 0.6) is 0 Å². The van der Waals surface area contributed by atoms with Gasteiger partial charge in [-0.25, -0.2) is 4.39 Å². The van der Waals surface area contributed by atoms with Crippen molar-refractivity contribution in [2.45, 2.75) is 25.8 Å². The molecular formula is C21H27FN2O2S. The van der Waals surface area contributed by atoms with E-state index >= 15 is 0 Å². The molecule has 2 atom stereocenters. The van der Waals surface area contributed by atoms with E-state index in [0.717, 1.165) is 32.5 Å². The first-order valence-electron chi connectivity index (χ1n) is 9.40. The minimum Gasteiger partial charge on any atom is -0.375 e. The number of nitrogens with zero attached hydrogens (tertiary/aromatic N) is 2. The molecule has 1 amide bonds. The van der Waals surface area contributed by atoms with Crippen molar-refractivity contribution in [2.24, 2.45) is 5.92 Å². The first-order valence-corrected chi connectivity index (χ1v) is 10.3. The number of hydrogen-bond acceptors (Lipinski definition) is 4. The van der Waals surface area contributed by atoms with Crippen LogP contribution in [0.1, 0.15) is 18.2 Å². The van der Waals surface area contributed by atoms with Crippen molar-refractivity contribution in [3.63, 3.8) is 0 Å². The highest BCUT2D eigenvalue weighted by molar-refractivity contribution is 7.09. The van der Waals surface area contributed by atoms with Crippen molar-refractivity contribution >= 4 is 22.9 Å². The van der Waals surface area contributed by atoms with Crippen molar-refractivity contribution in [1.29, 1.82) is 0 Å². The van der Waals surface area contributed by atoms with Crippen LogP contribution in [0.25, 0.3) is 0 Å². The van der Waals surface area contributed by atoms with E-state index in [9.17, 15) is 9.18 Å². The number of para-hydroxylation sites is 1. The SMILES string of the molecule is COCC(=O)N(c1ccccc1F)[C@@H]1CCN(CCc2cccs2)C[C@@H]1C. The molecular weight excluding hydrogens is 363 g/mol. The zero-order valence-corrected chi connectivity index (χ0v) is 16.8. The van der Waals surface area contributed by atoms with Gasteiger partial charge in [0.25, 0.3) is 5.91 Å². The summed E-state index contributed by atoms with van der Waals surface area (Å²) in [4.78, 5) is 18.2. The standard InChI is InChI=1S/C21H27FN2O2S/c1-16-14-23(11-9-17-6-5-13-27-17)12-10-19(16)24(21(25)15-26-2)20-8-4-3-7-18(20)22/h3-8,13,16,19H,9-12,14-15H2,1-2H3/t16-,19+/m0/s1. The molecule has 0 unspecified atom stereocenters. The van der Waals surface area contributed by atoms with Crippen LogP contribution >= 0.6 is 11.3 Å². The molecule has 1 fully saturated rings. The second-order valence-corrected chi connectivity index (χ2v) is 8.14. The van der Waals surface area contributed by atoms with E-state index in [1.807, 2.05) is 0 Å². The summed E-state index contributed by atoms with van der Waals surface area (Å²) in [5.41, 5.74) is 0.350. The maximum absolute atomic E-state index is 14.4. The Labute approximate surface area is 164 Å². The van der Waals surface area contributed by atoms with Gasteiger partial charge in [0, 0.05) is 37.7 Å². The molecule has 0 spiro atoms. The van der Waals surface area contributed by atoms with Crippen LogP contribution in [-0.2, 0) is 16.0 Å². The van der Waals surface area contributed by atoms with Crippen LogP contribution in [0.4, 0.5) is 10.1 Å². The Morgan fingerprint density at radius 1 is 1.33 bits per heavy atom. The Kier molecular flexibility index (Phi) is 6.99. The lowest BCUT2D eigenvalue weighted by molar-refractivity contribution is -0.123. The highest BCUT2D eigenvalue weighted by Crippen LogP contribution is 2.29. The summed E-state index contributed by atoms with van der Waals surface area (Å²) in [5.74, 6) is -0.303. The average molecular weight is 391 g/mol. The van der Waals surface area contributed by atoms with Crippen molar-refractivity contribution < 1.29 is 13.9 Å². The number of ether oxygens (including phenoxy) is 1. The van der Waals surface area contributed by atoms with E-state index in [4.69, 9.17) is 4.74 Å². The van der Waals surface area contributed by atoms with E-state index in [1.54, 1.807) is 34.4 Å². The minimum absolute atomic E-state index is 0.0254. The number of rotatable bonds is 7. The van der Waals surface area contributed by atoms with Gasteiger partial charge in [-0.1, -0.05) is 25.1 Å². The molecule has 0 N–H and O–H groups in total. The molecule has 2 heterocycles. The molecule has 27 heavy (non-hydrogen) atoms. The van der Waals surface area contributed by atoms with Crippen LogP contribution in [-0.4, -0.2) is 50.2 Å². The number of halogens is 1. The number of benzene rings is 1. The van der Waals surface area contributed by atoms with Crippen molar-refractivity contribution in [2.75, 3.05) is 38.3 Å². The summed E-state index contributed by atoms with van der Waals surface area (Å²) >= 11 is 1.79. The highest BCUT2D eigenvalue weighted by atomic mass is 32.1. The molecule has 0 aliphatic carbocycles. The molecule has 3 rings (SSSR count). The average Bonchev–Trinajstić information content (AvgIpc) is 3.17. The van der Waals surface area contributed by atoms with Crippen LogP contribution in [0.15, 0.2) is 41.8 Å². The molecule has 1 aliphatic rings. The second kappa shape index (κ2) is 9.44. The van der Waals surface area contributed by atoms with E-state index in [2.05, 4.69) is 29.3 Å². The van der Waals surface area contributed by atoms with Gasteiger partial charge in [0.15, 0.2) is 0 Å². The minimum atomic E-state index is -0.366. The number of amides is 1. The van der Waals surface area contributed by atoms with Gasteiger partial charge in [0.2, 0.25) is 0 Å². The first kappa shape index (κ1) is 20.0. The lowest BCUT2D eigenvalue weighted by Crippen LogP contribution is -2.53. The number of methoxy groups -OCH3 is 1. The molecule has 1 aromatic heterocycles. The smallest absolute Gasteiger partial charge is 0.253 e. The van der Waals surface area contributed by atoms with Crippen molar-refractivity contribution in [1.82, 2.24) is 4.90 Å². The monoisotopic (exact) mass is 390 g/mol. The van der Waals surface area contributed by atoms with Gasteiger partial charge in [0.1, 0.15) is 12.4 Å². The van der Waals surface area contributed by atoms with Gasteiger partial charge < -0.3 is 14.5 Å². The quantitative estimate of drug-likeness (QED) is 0.721. The molecule has 1 aliphatic heterocycles. The number of thiophene rings is 1. The maximum Gasteiger partial charge on any atom is 0.253 e. The topological polar surface area (TPSA) is 32.8 Å². The van der Waals surface area contributed by atoms with Crippen LogP contribution in [0.3, 0.4) is 0 Å². The summed E-state index contributed by atoms with van der Waals surface area (Å²) < 4.78 is 19.5. The third-order valence-electron chi connectivity index (χ3n) is 5.18. The Balaban J connectivity index is 1.70. The van der Waals surface area contributed by atoms with E-state index < -0.39 is 0 Å². The predicted octanol–water partition coefficient (Wildman–Crippen LogP) is 3.82. The Morgan fingerprint density at radius 2 is 2.15 bits per heavy atom. The highest BCUT2D eigenvalue weighted by Gasteiger charge is 2.35. The van der Waals surface area contributed by atoms with E-state index in [1.165, 1.54) is 18.1 Å². The fourth-order valence-electron chi connectivity index (χ4n) is 3.87. The largest absolute Gasteiger partial charge is 0.375 e. The summed E-state index contributed by atoms with van der Waals surface area (Å²) in [6, 6.07) is 10.7. The van der Waals surface area contributed by atoms with Gasteiger partial charge >= 0.3 is 0 Å². The number of likely N-dealkylation sites (tertiary alicyclic amines) is 1. The Hall–Kier alpha value is -1.76. The summed E-state index contributed by atoms with van der Waals surface area (Å²) in [6.45, 7) is 4.94. The zero-order chi connectivity index (χ0) is 19.2. The fraction of sp³-hybridized carbons (Fsp3) is 0.476. The van der Waals surface area contributed by atoms with Crippen LogP contribution < -0.4 is 4.90 Å². The van der Waals surface area contributed by atoms with E-state index in [-0.39, 0.29) is 30.3 Å². The third-order valence-corrected chi connectivity index (χ3v) is 6.11. The lowest BCUT2D eigenvalue weighted by atomic mass is 9.91. The Bertz CT molecular complexity index is 738. The molecule has 0 saturated carbocycles. The summed E-state index contributed by atoms with van der Waals surface area (Å²) in [6.07, 6.45) is 1.88. The molecule has 146 valence electrons. The van der Waals surface area contributed by atoms with Gasteiger partial charge in [-0.2, -0.15) is 0 Å². The van der Waals surface area contributed by atoms with Crippen molar-refractivity contribution in [3.05, 3.63) is 52.5 Å². The molecule has 1 saturated heterocycles.